The summed E-state index contributed by atoms with van der Waals surface area (Å²) < 4.78 is 0. The smallest absolute Gasteiger partial charge is 0.246 e. The molecule has 2 aromatic heterocycles. The molecule has 37 heavy (non-hydrogen) atoms. The van der Waals surface area contributed by atoms with Crippen molar-refractivity contribution in [3.63, 3.8) is 0 Å². The molecule has 2 aromatic rings. The molecule has 4 aliphatic rings. The SMILES string of the molecule is O=C(/C=C/c1cnc2c(c1)CC1(CCN(C(=O)C3CC3)CC1)C(=O)N2)N1CC=C(Cc2nccs2)CC1. The van der Waals surface area contributed by atoms with Crippen LogP contribution in [-0.4, -0.2) is 63.7 Å². The standard InChI is InChI=1S/C28H31N5O3S/c34-24(32-10-5-19(6-11-32)16-23-29-9-14-37-23)4-1-20-15-22-17-28(27(36)31-25(22)30-18-20)7-12-33(13-8-28)26(35)21-2-3-21/h1,4-5,9,14-15,18,21H,2-3,6-8,10-13,16-17H2,(H,30,31,36)/b4-1+. The fourth-order valence-corrected chi connectivity index (χ4v) is 6.25. The predicted octanol–water partition coefficient (Wildman–Crippen LogP) is 3.47. The number of aromatic nitrogens is 2. The summed E-state index contributed by atoms with van der Waals surface area (Å²) in [5.74, 6) is 1.06. The van der Waals surface area contributed by atoms with Crippen LogP contribution in [0.3, 0.4) is 0 Å². The van der Waals surface area contributed by atoms with Gasteiger partial charge in [0.05, 0.1) is 10.4 Å². The van der Waals surface area contributed by atoms with Gasteiger partial charge in [-0.3, -0.25) is 14.4 Å². The lowest BCUT2D eigenvalue weighted by Crippen LogP contribution is -2.51. The van der Waals surface area contributed by atoms with Crippen LogP contribution in [-0.2, 0) is 27.2 Å². The Morgan fingerprint density at radius 1 is 1.16 bits per heavy atom. The van der Waals surface area contributed by atoms with Gasteiger partial charge < -0.3 is 15.1 Å². The number of hydrogen-bond donors (Lipinski definition) is 1. The maximum atomic E-state index is 13.0. The Kier molecular flexibility index (Phi) is 6.40. The molecule has 0 atom stereocenters. The number of thiazole rings is 1. The number of nitrogens with zero attached hydrogens (tertiary/aromatic N) is 4. The number of carbonyl (C=O) groups is 3. The second kappa shape index (κ2) is 9.85. The van der Waals surface area contributed by atoms with Crippen LogP contribution >= 0.6 is 11.3 Å². The molecule has 3 amide bonds. The minimum absolute atomic E-state index is 0.0110. The zero-order valence-corrected chi connectivity index (χ0v) is 21.6. The van der Waals surface area contributed by atoms with Gasteiger partial charge in [0.25, 0.3) is 0 Å². The summed E-state index contributed by atoms with van der Waals surface area (Å²) in [4.78, 5) is 50.9. The van der Waals surface area contributed by atoms with E-state index >= 15 is 0 Å². The zero-order valence-electron chi connectivity index (χ0n) is 20.8. The molecule has 1 saturated heterocycles. The average molecular weight is 518 g/mol. The van der Waals surface area contributed by atoms with E-state index in [2.05, 4.69) is 21.4 Å². The van der Waals surface area contributed by atoms with E-state index in [1.165, 1.54) is 5.57 Å². The van der Waals surface area contributed by atoms with Crippen LogP contribution < -0.4 is 5.32 Å². The third-order valence-corrected chi connectivity index (χ3v) is 8.86. The Labute approximate surface area is 220 Å². The molecule has 1 aliphatic carbocycles. The largest absolute Gasteiger partial charge is 0.342 e. The average Bonchev–Trinajstić information content (AvgIpc) is 3.65. The number of amides is 3. The molecule has 0 bridgehead atoms. The first-order valence-electron chi connectivity index (χ1n) is 13.1. The van der Waals surface area contributed by atoms with E-state index < -0.39 is 5.41 Å². The van der Waals surface area contributed by atoms with E-state index in [0.717, 1.165) is 41.8 Å². The minimum atomic E-state index is -0.496. The number of nitrogens with one attached hydrogen (secondary N) is 1. The van der Waals surface area contributed by atoms with Crippen molar-refractivity contribution in [3.8, 4) is 0 Å². The molecule has 192 valence electrons. The zero-order chi connectivity index (χ0) is 25.4. The second-order valence-corrected chi connectivity index (χ2v) is 11.6. The van der Waals surface area contributed by atoms with Gasteiger partial charge in [-0.25, -0.2) is 9.97 Å². The topological polar surface area (TPSA) is 95.5 Å². The Morgan fingerprint density at radius 2 is 2.00 bits per heavy atom. The van der Waals surface area contributed by atoms with E-state index in [9.17, 15) is 14.4 Å². The van der Waals surface area contributed by atoms with Crippen LogP contribution in [0.15, 0.2) is 41.6 Å². The summed E-state index contributed by atoms with van der Waals surface area (Å²) in [7, 11) is 0. The van der Waals surface area contributed by atoms with Crippen molar-refractivity contribution in [2.45, 2.75) is 44.9 Å². The van der Waals surface area contributed by atoms with Crippen LogP contribution in [0, 0.1) is 11.3 Å². The number of carbonyl (C=O) groups excluding carboxylic acids is 3. The summed E-state index contributed by atoms with van der Waals surface area (Å²) in [6.07, 6.45) is 14.8. The molecule has 0 aromatic carbocycles. The van der Waals surface area contributed by atoms with Gasteiger partial charge in [-0.05, 0) is 61.8 Å². The van der Waals surface area contributed by atoms with Crippen molar-refractivity contribution in [2.75, 3.05) is 31.5 Å². The fraction of sp³-hybridized carbons (Fsp3) is 0.464. The third-order valence-electron chi connectivity index (χ3n) is 8.08. The highest BCUT2D eigenvalue weighted by molar-refractivity contribution is 7.09. The lowest BCUT2D eigenvalue weighted by atomic mass is 9.71. The monoisotopic (exact) mass is 517 g/mol. The maximum Gasteiger partial charge on any atom is 0.246 e. The van der Waals surface area contributed by atoms with Gasteiger partial charge in [0.1, 0.15) is 5.82 Å². The highest BCUT2D eigenvalue weighted by Gasteiger charge is 2.46. The molecule has 9 heteroatoms. The first-order valence-corrected chi connectivity index (χ1v) is 14.0. The number of rotatable bonds is 5. The second-order valence-electron chi connectivity index (χ2n) is 10.6. The molecule has 0 radical (unpaired) electrons. The highest BCUT2D eigenvalue weighted by Crippen LogP contribution is 2.42. The van der Waals surface area contributed by atoms with Crippen molar-refractivity contribution in [1.82, 2.24) is 19.8 Å². The molecule has 1 spiro atoms. The molecular formula is C28H31N5O3S. The molecule has 5 heterocycles. The normalized spacial score (nSPS) is 21.1. The van der Waals surface area contributed by atoms with Gasteiger partial charge in [0.15, 0.2) is 0 Å². The quantitative estimate of drug-likeness (QED) is 0.484. The summed E-state index contributed by atoms with van der Waals surface area (Å²) >= 11 is 1.66. The van der Waals surface area contributed by atoms with E-state index in [-0.39, 0.29) is 23.6 Å². The summed E-state index contributed by atoms with van der Waals surface area (Å²) in [6.45, 7) is 2.59. The number of pyridine rings is 1. The van der Waals surface area contributed by atoms with Crippen LogP contribution in [0.2, 0.25) is 0 Å². The maximum absolute atomic E-state index is 13.0. The minimum Gasteiger partial charge on any atom is -0.342 e. The molecule has 1 N–H and O–H groups in total. The lowest BCUT2D eigenvalue weighted by molar-refractivity contribution is -0.139. The van der Waals surface area contributed by atoms with Crippen molar-refractivity contribution >= 4 is 41.0 Å². The van der Waals surface area contributed by atoms with E-state index in [1.807, 2.05) is 33.5 Å². The molecular weight excluding hydrogens is 486 g/mol. The van der Waals surface area contributed by atoms with Crippen LogP contribution in [0.4, 0.5) is 5.82 Å². The van der Waals surface area contributed by atoms with Crippen molar-refractivity contribution in [1.29, 1.82) is 0 Å². The van der Waals surface area contributed by atoms with Gasteiger partial charge in [0, 0.05) is 62.4 Å². The molecule has 0 unspecified atom stereocenters. The number of hydrogen-bond acceptors (Lipinski definition) is 6. The van der Waals surface area contributed by atoms with E-state index in [1.54, 1.807) is 23.6 Å². The Hall–Kier alpha value is -3.33. The van der Waals surface area contributed by atoms with Gasteiger partial charge in [-0.2, -0.15) is 0 Å². The van der Waals surface area contributed by atoms with Gasteiger partial charge >= 0.3 is 0 Å². The van der Waals surface area contributed by atoms with Crippen molar-refractivity contribution < 1.29 is 14.4 Å². The highest BCUT2D eigenvalue weighted by atomic mass is 32.1. The number of likely N-dealkylation sites (tertiary alicyclic amines) is 1. The third kappa shape index (κ3) is 5.09. The Morgan fingerprint density at radius 3 is 2.70 bits per heavy atom. The molecule has 6 rings (SSSR count). The van der Waals surface area contributed by atoms with E-state index in [4.69, 9.17) is 0 Å². The summed E-state index contributed by atoms with van der Waals surface area (Å²) in [6, 6.07) is 2.03. The number of fused-ring (bicyclic) bond motifs is 1. The van der Waals surface area contributed by atoms with Crippen LogP contribution in [0.5, 0.6) is 0 Å². The van der Waals surface area contributed by atoms with Crippen molar-refractivity contribution in [2.24, 2.45) is 11.3 Å². The predicted molar refractivity (Wildman–Crippen MR) is 142 cm³/mol. The molecule has 1 saturated carbocycles. The van der Waals surface area contributed by atoms with Gasteiger partial charge in [-0.15, -0.1) is 11.3 Å². The Balaban J connectivity index is 1.08. The molecule has 8 nitrogen and oxygen atoms in total. The lowest BCUT2D eigenvalue weighted by Gasteiger charge is -2.43. The van der Waals surface area contributed by atoms with E-state index in [0.29, 0.717) is 51.3 Å². The molecule has 2 fully saturated rings. The Bertz CT molecular complexity index is 1270. The van der Waals surface area contributed by atoms with Crippen LogP contribution in [0.1, 0.15) is 48.2 Å². The van der Waals surface area contributed by atoms with Crippen LogP contribution in [0.25, 0.3) is 6.08 Å². The first-order chi connectivity index (χ1) is 18.0. The fourth-order valence-electron chi connectivity index (χ4n) is 5.58. The number of anilines is 1. The first kappa shape index (κ1) is 24.0. The van der Waals surface area contributed by atoms with Gasteiger partial charge in [-0.1, -0.05) is 11.6 Å². The van der Waals surface area contributed by atoms with Crippen molar-refractivity contribution in [3.05, 3.63) is 57.7 Å². The van der Waals surface area contributed by atoms with Gasteiger partial charge in [0.2, 0.25) is 17.7 Å². The number of piperidine rings is 1. The molecule has 3 aliphatic heterocycles. The summed E-state index contributed by atoms with van der Waals surface area (Å²) in [5, 5.41) is 6.10. The summed E-state index contributed by atoms with van der Waals surface area (Å²) in [5.41, 5.74) is 2.67.